The van der Waals surface area contributed by atoms with Gasteiger partial charge in [-0.05, 0) is 19.8 Å². The Morgan fingerprint density at radius 3 is 1.41 bits per heavy atom. The molecule has 88 valence electrons. The minimum Gasteiger partial charge on any atom is -0.550 e. The second-order valence-corrected chi connectivity index (χ2v) is 3.00. The molecule has 8 heteroatoms. The smallest absolute Gasteiger partial charge is 0.550 e. The van der Waals surface area contributed by atoms with Crippen LogP contribution in [-0.2, 0) is 19.1 Å². The van der Waals surface area contributed by atoms with Gasteiger partial charge in [0.2, 0.25) is 0 Å². The molecule has 6 nitrogen and oxygen atoms in total. The first-order valence-corrected chi connectivity index (χ1v) is 4.61. The molecule has 0 aromatic heterocycles. The van der Waals surface area contributed by atoms with Crippen LogP contribution in [0, 0.1) is 0 Å². The van der Waals surface area contributed by atoms with E-state index in [-0.39, 0.29) is 59.1 Å². The Labute approximate surface area is 145 Å². The summed E-state index contributed by atoms with van der Waals surface area (Å²) in [6.07, 6.45) is -0.356. The Balaban J connectivity index is -0.000000182. The molecular formula is C9H14Na2O6. The van der Waals surface area contributed by atoms with Gasteiger partial charge in [-0.3, -0.25) is 0 Å². The third kappa shape index (κ3) is 38.3. The first-order chi connectivity index (χ1) is 7.02. The van der Waals surface area contributed by atoms with Crippen molar-refractivity contribution in [3.05, 3.63) is 0 Å². The summed E-state index contributed by atoms with van der Waals surface area (Å²) in [4.78, 5) is 19.0. The zero-order chi connectivity index (χ0) is 11.7. The first kappa shape index (κ1) is 23.0. The molecule has 2 fully saturated rings. The number of carbonyl (C=O) groups excluding carboxylic acids is 2. The molecule has 0 spiro atoms. The fraction of sp³-hybridized carbons (Fsp3) is 0.778. The maximum Gasteiger partial charge on any atom is 1.00 e. The average molecular weight is 264 g/mol. The Morgan fingerprint density at radius 2 is 1.35 bits per heavy atom. The summed E-state index contributed by atoms with van der Waals surface area (Å²) in [6, 6.07) is 0. The number of rotatable bonds is 3. The van der Waals surface area contributed by atoms with E-state index in [4.69, 9.17) is 4.74 Å². The van der Waals surface area contributed by atoms with Crippen molar-refractivity contribution in [2.45, 2.75) is 25.9 Å². The topological polar surface area (TPSA) is 105 Å². The van der Waals surface area contributed by atoms with Gasteiger partial charge in [-0.2, -0.15) is 0 Å². The fourth-order valence-corrected chi connectivity index (χ4v) is 0.300. The van der Waals surface area contributed by atoms with Crippen LogP contribution in [0.3, 0.4) is 0 Å². The molecule has 0 bridgehead atoms. The Hall–Kier alpha value is 0.860. The number of hydrogen-bond donors (Lipinski definition) is 0. The van der Waals surface area contributed by atoms with Crippen LogP contribution >= 0.6 is 0 Å². The minimum absolute atomic E-state index is 0. The van der Waals surface area contributed by atoms with E-state index >= 15 is 0 Å². The Morgan fingerprint density at radius 1 is 1.12 bits per heavy atom. The van der Waals surface area contributed by atoms with Gasteiger partial charge in [-0.15, -0.1) is 0 Å². The van der Waals surface area contributed by atoms with Crippen molar-refractivity contribution in [2.75, 3.05) is 19.8 Å². The van der Waals surface area contributed by atoms with E-state index in [0.29, 0.717) is 6.10 Å². The van der Waals surface area contributed by atoms with E-state index in [1.807, 2.05) is 0 Å². The monoisotopic (exact) mass is 264 g/mol. The molecule has 0 aliphatic carbocycles. The maximum atomic E-state index is 9.50. The summed E-state index contributed by atoms with van der Waals surface area (Å²) >= 11 is 0. The van der Waals surface area contributed by atoms with Crippen molar-refractivity contribution < 1.29 is 88.4 Å². The number of epoxide rings is 2. The van der Waals surface area contributed by atoms with Crippen molar-refractivity contribution in [1.82, 2.24) is 0 Å². The van der Waals surface area contributed by atoms with Gasteiger partial charge in [0, 0.05) is 11.9 Å². The second kappa shape index (κ2) is 14.9. The number of carboxylic acid groups (broad SMARTS) is 2. The van der Waals surface area contributed by atoms with Crippen LogP contribution in [0.25, 0.3) is 0 Å². The van der Waals surface area contributed by atoms with Crippen LogP contribution in [0.2, 0.25) is 0 Å². The molecule has 1 atom stereocenters. The van der Waals surface area contributed by atoms with E-state index in [2.05, 4.69) is 11.7 Å². The Kier molecular flexibility index (Phi) is 20.2. The normalized spacial score (nSPS) is 17.6. The largest absolute Gasteiger partial charge is 1.00 e. The van der Waals surface area contributed by atoms with Crippen LogP contribution in [0.15, 0.2) is 0 Å². The summed E-state index contributed by atoms with van der Waals surface area (Å²) in [6.45, 7) is 5.04. The quantitative estimate of drug-likeness (QED) is 0.370. The number of hydrogen-bond acceptors (Lipinski definition) is 6. The molecule has 0 aromatic rings. The zero-order valence-corrected chi connectivity index (χ0v) is 14.6. The van der Waals surface area contributed by atoms with Crippen molar-refractivity contribution in [1.29, 1.82) is 0 Å². The number of carboxylic acids is 2. The van der Waals surface area contributed by atoms with Crippen molar-refractivity contribution in [3.63, 3.8) is 0 Å². The van der Waals surface area contributed by atoms with E-state index < -0.39 is 24.8 Å². The average Bonchev–Trinajstić information content (AvgIpc) is 2.95. The number of carbonyl (C=O) groups is 2. The molecule has 1 unspecified atom stereocenters. The molecule has 0 saturated carbocycles. The molecule has 17 heavy (non-hydrogen) atoms. The standard InChI is InChI=1S/C4H6O4.C3H6O.C2H4O.2Na/c5-3(6)1-2-4(7)8;1-3-2-4-3;1-2-3-1;;/h1-2H2,(H,5,6)(H,7,8);3H,2H2,1H3;1-2H2;;/q;;;2*+1/p-2. The van der Waals surface area contributed by atoms with Crippen LogP contribution in [0.4, 0.5) is 0 Å². The summed E-state index contributed by atoms with van der Waals surface area (Å²) in [5.74, 6) is -2.73. The predicted octanol–water partition coefficient (Wildman–Crippen LogP) is -8.30. The SMILES string of the molecule is C1CO1.CC1CO1.O=C([O-])CCC(=O)[O-].[Na+].[Na+]. The molecular weight excluding hydrogens is 250 g/mol. The van der Waals surface area contributed by atoms with Gasteiger partial charge >= 0.3 is 59.1 Å². The van der Waals surface area contributed by atoms with Gasteiger partial charge in [0.15, 0.2) is 0 Å². The van der Waals surface area contributed by atoms with Crippen molar-refractivity contribution in [3.8, 4) is 0 Å². The molecule has 2 aliphatic rings. The third-order valence-corrected chi connectivity index (χ3v) is 1.24. The summed E-state index contributed by atoms with van der Waals surface area (Å²) in [5.41, 5.74) is 0. The summed E-state index contributed by atoms with van der Waals surface area (Å²) < 4.78 is 9.21. The fourth-order valence-electron chi connectivity index (χ4n) is 0.300. The van der Waals surface area contributed by atoms with Gasteiger partial charge in [0.05, 0.1) is 25.9 Å². The number of aliphatic carboxylic acids is 2. The van der Waals surface area contributed by atoms with Gasteiger partial charge < -0.3 is 29.3 Å². The van der Waals surface area contributed by atoms with E-state index in [0.717, 1.165) is 19.8 Å². The Bertz CT molecular complexity index is 189. The molecule has 2 aliphatic heterocycles. The number of ether oxygens (including phenoxy) is 2. The molecule has 2 heterocycles. The molecule has 2 saturated heterocycles. The van der Waals surface area contributed by atoms with Crippen LogP contribution in [0.5, 0.6) is 0 Å². The molecule has 2 rings (SSSR count). The van der Waals surface area contributed by atoms with Gasteiger partial charge in [-0.25, -0.2) is 0 Å². The molecule has 0 radical (unpaired) electrons. The first-order valence-electron chi connectivity index (χ1n) is 4.61. The van der Waals surface area contributed by atoms with Gasteiger partial charge in [0.1, 0.15) is 0 Å². The third-order valence-electron chi connectivity index (χ3n) is 1.24. The molecule has 0 N–H and O–H groups in total. The molecule has 0 amide bonds. The van der Waals surface area contributed by atoms with Gasteiger partial charge in [0.25, 0.3) is 0 Å². The predicted molar refractivity (Wildman–Crippen MR) is 45.5 cm³/mol. The summed E-state index contributed by atoms with van der Waals surface area (Å²) in [7, 11) is 0. The maximum absolute atomic E-state index is 9.50. The second-order valence-electron chi connectivity index (χ2n) is 3.00. The molecule has 0 aromatic carbocycles. The van der Waals surface area contributed by atoms with Crippen molar-refractivity contribution >= 4 is 11.9 Å². The van der Waals surface area contributed by atoms with Crippen LogP contribution < -0.4 is 69.3 Å². The van der Waals surface area contributed by atoms with Crippen molar-refractivity contribution in [2.24, 2.45) is 0 Å². The van der Waals surface area contributed by atoms with E-state index in [9.17, 15) is 19.8 Å². The van der Waals surface area contributed by atoms with Crippen LogP contribution in [0.1, 0.15) is 19.8 Å². The van der Waals surface area contributed by atoms with Crippen LogP contribution in [-0.4, -0.2) is 37.9 Å². The van der Waals surface area contributed by atoms with E-state index in [1.54, 1.807) is 0 Å². The minimum atomic E-state index is -1.37. The zero-order valence-electron chi connectivity index (χ0n) is 10.6. The van der Waals surface area contributed by atoms with E-state index in [1.165, 1.54) is 0 Å². The summed E-state index contributed by atoms with van der Waals surface area (Å²) in [5, 5.41) is 19.0. The van der Waals surface area contributed by atoms with Gasteiger partial charge in [-0.1, -0.05) is 0 Å².